The van der Waals surface area contributed by atoms with E-state index in [1.807, 2.05) is 6.08 Å². The monoisotopic (exact) mass is 128 g/mol. The summed E-state index contributed by atoms with van der Waals surface area (Å²) < 4.78 is 4.93. The minimum absolute atomic E-state index is 0.643. The molecule has 54 valence electrons. The zero-order valence-corrected chi connectivity index (χ0v) is 6.39. The highest BCUT2D eigenvalue weighted by atomic mass is 16.5. The highest BCUT2D eigenvalue weighted by Crippen LogP contribution is 2.07. The molecule has 0 saturated carbocycles. The van der Waals surface area contributed by atoms with Gasteiger partial charge in [0.1, 0.15) is 0 Å². The molecular formula is C8H16O. The molecule has 0 N–H and O–H groups in total. The van der Waals surface area contributed by atoms with Gasteiger partial charge in [0.25, 0.3) is 0 Å². The standard InChI is InChI=1S/C8H16O/c1-4-8(5-2)6-7-9-3/h4,8H,1,5-7H2,2-3H3. The van der Waals surface area contributed by atoms with Crippen molar-refractivity contribution in [2.75, 3.05) is 13.7 Å². The Kier molecular flexibility index (Phi) is 5.64. The molecule has 0 fully saturated rings. The van der Waals surface area contributed by atoms with Crippen molar-refractivity contribution in [1.82, 2.24) is 0 Å². The predicted octanol–water partition coefficient (Wildman–Crippen LogP) is 2.24. The lowest BCUT2D eigenvalue weighted by atomic mass is 10.0. The van der Waals surface area contributed by atoms with Gasteiger partial charge in [-0.3, -0.25) is 0 Å². The number of rotatable bonds is 5. The van der Waals surface area contributed by atoms with E-state index in [-0.39, 0.29) is 0 Å². The van der Waals surface area contributed by atoms with Crippen LogP contribution >= 0.6 is 0 Å². The van der Waals surface area contributed by atoms with E-state index in [9.17, 15) is 0 Å². The molecule has 0 aliphatic rings. The number of ether oxygens (including phenoxy) is 1. The molecule has 0 bridgehead atoms. The van der Waals surface area contributed by atoms with E-state index in [0.29, 0.717) is 5.92 Å². The maximum absolute atomic E-state index is 4.93. The van der Waals surface area contributed by atoms with Crippen LogP contribution in [-0.4, -0.2) is 13.7 Å². The Hall–Kier alpha value is -0.300. The fourth-order valence-electron chi connectivity index (χ4n) is 0.758. The van der Waals surface area contributed by atoms with E-state index in [2.05, 4.69) is 13.5 Å². The van der Waals surface area contributed by atoms with Crippen LogP contribution in [0.1, 0.15) is 19.8 Å². The lowest BCUT2D eigenvalue weighted by Gasteiger charge is -2.06. The third-order valence-corrected chi connectivity index (χ3v) is 1.55. The minimum Gasteiger partial charge on any atom is -0.385 e. The number of hydrogen-bond donors (Lipinski definition) is 0. The fourth-order valence-corrected chi connectivity index (χ4v) is 0.758. The Labute approximate surface area is 57.7 Å². The molecule has 1 atom stereocenters. The highest BCUT2D eigenvalue weighted by molar-refractivity contribution is 4.76. The minimum atomic E-state index is 0.643. The van der Waals surface area contributed by atoms with Gasteiger partial charge in [-0.1, -0.05) is 13.0 Å². The summed E-state index contributed by atoms with van der Waals surface area (Å²) in [5.41, 5.74) is 0. The number of allylic oxidation sites excluding steroid dienone is 1. The van der Waals surface area contributed by atoms with Crippen molar-refractivity contribution >= 4 is 0 Å². The second-order valence-corrected chi connectivity index (χ2v) is 2.19. The zero-order chi connectivity index (χ0) is 7.11. The summed E-state index contributed by atoms with van der Waals surface area (Å²) in [5, 5.41) is 0. The third kappa shape index (κ3) is 4.22. The van der Waals surface area contributed by atoms with Gasteiger partial charge in [-0.05, 0) is 18.8 Å². The van der Waals surface area contributed by atoms with Gasteiger partial charge in [-0.25, -0.2) is 0 Å². The molecule has 0 amide bonds. The van der Waals surface area contributed by atoms with Crippen molar-refractivity contribution in [3.05, 3.63) is 12.7 Å². The van der Waals surface area contributed by atoms with E-state index in [0.717, 1.165) is 13.0 Å². The van der Waals surface area contributed by atoms with E-state index in [4.69, 9.17) is 4.74 Å². The molecule has 0 rings (SSSR count). The van der Waals surface area contributed by atoms with E-state index < -0.39 is 0 Å². The predicted molar refractivity (Wildman–Crippen MR) is 40.5 cm³/mol. The molecule has 0 aromatic heterocycles. The van der Waals surface area contributed by atoms with Gasteiger partial charge in [0, 0.05) is 13.7 Å². The topological polar surface area (TPSA) is 9.23 Å². The summed E-state index contributed by atoms with van der Waals surface area (Å²) in [4.78, 5) is 0. The van der Waals surface area contributed by atoms with E-state index in [1.165, 1.54) is 6.42 Å². The summed E-state index contributed by atoms with van der Waals surface area (Å²) >= 11 is 0. The second kappa shape index (κ2) is 5.83. The molecule has 0 aromatic carbocycles. The Balaban J connectivity index is 3.20. The summed E-state index contributed by atoms with van der Waals surface area (Å²) in [6, 6.07) is 0. The maximum atomic E-state index is 4.93. The molecular weight excluding hydrogens is 112 g/mol. The van der Waals surface area contributed by atoms with Gasteiger partial charge in [-0.15, -0.1) is 6.58 Å². The first kappa shape index (κ1) is 8.70. The Bertz CT molecular complexity index is 69.0. The fraction of sp³-hybridized carbons (Fsp3) is 0.750. The number of methoxy groups -OCH3 is 1. The molecule has 0 heterocycles. The van der Waals surface area contributed by atoms with Gasteiger partial charge < -0.3 is 4.74 Å². The quantitative estimate of drug-likeness (QED) is 0.516. The van der Waals surface area contributed by atoms with Gasteiger partial charge in [0.15, 0.2) is 0 Å². The first-order valence-corrected chi connectivity index (χ1v) is 3.46. The zero-order valence-electron chi connectivity index (χ0n) is 6.39. The molecule has 0 aliphatic carbocycles. The second-order valence-electron chi connectivity index (χ2n) is 2.19. The molecule has 9 heavy (non-hydrogen) atoms. The molecule has 1 nitrogen and oxygen atoms in total. The SMILES string of the molecule is C=CC(CC)CCOC. The highest BCUT2D eigenvalue weighted by Gasteiger charge is 1.97. The maximum Gasteiger partial charge on any atom is 0.0467 e. The summed E-state index contributed by atoms with van der Waals surface area (Å²) in [5.74, 6) is 0.643. The normalized spacial score (nSPS) is 13.1. The molecule has 1 unspecified atom stereocenters. The smallest absolute Gasteiger partial charge is 0.0467 e. The van der Waals surface area contributed by atoms with Crippen LogP contribution in [0.4, 0.5) is 0 Å². The van der Waals surface area contributed by atoms with Crippen LogP contribution in [-0.2, 0) is 4.74 Å². The van der Waals surface area contributed by atoms with Crippen molar-refractivity contribution in [2.24, 2.45) is 5.92 Å². The molecule has 0 saturated heterocycles. The number of hydrogen-bond acceptors (Lipinski definition) is 1. The Morgan fingerprint density at radius 2 is 2.33 bits per heavy atom. The molecule has 0 spiro atoms. The van der Waals surface area contributed by atoms with Crippen LogP contribution in [0, 0.1) is 5.92 Å². The first-order chi connectivity index (χ1) is 4.35. The molecule has 0 radical (unpaired) electrons. The first-order valence-electron chi connectivity index (χ1n) is 3.46. The van der Waals surface area contributed by atoms with Gasteiger partial charge in [0.05, 0.1) is 0 Å². The Morgan fingerprint density at radius 3 is 2.67 bits per heavy atom. The van der Waals surface area contributed by atoms with E-state index in [1.54, 1.807) is 7.11 Å². The van der Waals surface area contributed by atoms with Crippen LogP contribution in [0.25, 0.3) is 0 Å². The van der Waals surface area contributed by atoms with Crippen LogP contribution in [0.3, 0.4) is 0 Å². The largest absolute Gasteiger partial charge is 0.385 e. The lowest BCUT2D eigenvalue weighted by Crippen LogP contribution is -1.98. The van der Waals surface area contributed by atoms with E-state index >= 15 is 0 Å². The molecule has 0 aliphatic heterocycles. The molecule has 0 aromatic rings. The van der Waals surface area contributed by atoms with Crippen molar-refractivity contribution in [3.63, 3.8) is 0 Å². The summed E-state index contributed by atoms with van der Waals surface area (Å²) in [6.07, 6.45) is 4.28. The average molecular weight is 128 g/mol. The van der Waals surface area contributed by atoms with Crippen molar-refractivity contribution < 1.29 is 4.74 Å². The summed E-state index contributed by atoms with van der Waals surface area (Å²) in [6.45, 7) is 6.75. The molecule has 1 heteroatoms. The van der Waals surface area contributed by atoms with Crippen LogP contribution in [0.5, 0.6) is 0 Å². The third-order valence-electron chi connectivity index (χ3n) is 1.55. The van der Waals surface area contributed by atoms with Crippen LogP contribution in [0.15, 0.2) is 12.7 Å². The lowest BCUT2D eigenvalue weighted by molar-refractivity contribution is 0.183. The van der Waals surface area contributed by atoms with Gasteiger partial charge in [-0.2, -0.15) is 0 Å². The van der Waals surface area contributed by atoms with Crippen LogP contribution < -0.4 is 0 Å². The summed E-state index contributed by atoms with van der Waals surface area (Å²) in [7, 11) is 1.73. The van der Waals surface area contributed by atoms with Crippen molar-refractivity contribution in [1.29, 1.82) is 0 Å². The van der Waals surface area contributed by atoms with Gasteiger partial charge in [0.2, 0.25) is 0 Å². The van der Waals surface area contributed by atoms with Crippen molar-refractivity contribution in [2.45, 2.75) is 19.8 Å². The van der Waals surface area contributed by atoms with Crippen LogP contribution in [0.2, 0.25) is 0 Å². The van der Waals surface area contributed by atoms with Gasteiger partial charge >= 0.3 is 0 Å². The van der Waals surface area contributed by atoms with Crippen molar-refractivity contribution in [3.8, 4) is 0 Å². The average Bonchev–Trinajstić information content (AvgIpc) is 1.91. The Morgan fingerprint density at radius 1 is 1.67 bits per heavy atom.